The van der Waals surface area contributed by atoms with Gasteiger partial charge in [0, 0.05) is 6.54 Å². The monoisotopic (exact) mass is 308 g/mol. The summed E-state index contributed by atoms with van der Waals surface area (Å²) in [7, 11) is -1.81. The van der Waals surface area contributed by atoms with Gasteiger partial charge in [0.15, 0.2) is 0 Å². The highest BCUT2D eigenvalue weighted by atomic mass is 32.2. The van der Waals surface area contributed by atoms with Crippen molar-refractivity contribution in [2.75, 3.05) is 11.8 Å². The van der Waals surface area contributed by atoms with Gasteiger partial charge in [-0.15, -0.1) is 0 Å². The van der Waals surface area contributed by atoms with Gasteiger partial charge in [0.2, 0.25) is 0 Å². The van der Waals surface area contributed by atoms with E-state index in [2.05, 4.69) is 20.2 Å². The number of aryl methyl sites for hydroxylation is 3. The molecule has 0 aliphatic rings. The number of benzene rings is 1. The normalized spacial score (nSPS) is 11.6. The molecule has 1 aromatic carbocycles. The van der Waals surface area contributed by atoms with E-state index in [1.54, 1.807) is 26.8 Å². The van der Waals surface area contributed by atoms with E-state index in [4.69, 9.17) is 0 Å². The number of sulfonamides is 1. The minimum atomic E-state index is -3.64. The summed E-state index contributed by atoms with van der Waals surface area (Å²) in [6.07, 6.45) is 0. The lowest BCUT2D eigenvalue weighted by Gasteiger charge is -2.12. The number of nitrogens with zero attached hydrogens (tertiary/aromatic N) is 1. The van der Waals surface area contributed by atoms with Crippen LogP contribution in [0.3, 0.4) is 0 Å². The highest BCUT2D eigenvalue weighted by Crippen LogP contribution is 2.24. The molecule has 0 saturated heterocycles. The summed E-state index contributed by atoms with van der Waals surface area (Å²) in [6.45, 7) is 5.94. The molecule has 0 radical (unpaired) electrons. The topological polar surface area (TPSA) is 86.9 Å². The molecule has 0 aliphatic carbocycles. The molecule has 1 heterocycles. The predicted molar refractivity (Wildman–Crippen MR) is 82.8 cm³/mol. The fourth-order valence-corrected chi connectivity index (χ4v) is 3.62. The first kappa shape index (κ1) is 15.5. The average Bonchev–Trinajstić information content (AvgIpc) is 2.72. The summed E-state index contributed by atoms with van der Waals surface area (Å²) < 4.78 is 27.8. The fourth-order valence-electron chi connectivity index (χ4n) is 2.14. The van der Waals surface area contributed by atoms with Crippen molar-refractivity contribution in [3.8, 4) is 0 Å². The molecule has 114 valence electrons. The molecule has 0 spiro atoms. The largest absolute Gasteiger partial charge is 0.316 e. The third-order valence-electron chi connectivity index (χ3n) is 3.29. The van der Waals surface area contributed by atoms with E-state index in [9.17, 15) is 8.42 Å². The smallest absolute Gasteiger partial charge is 0.262 e. The summed E-state index contributed by atoms with van der Waals surface area (Å²) in [5.41, 5.74) is 3.46. The van der Waals surface area contributed by atoms with Crippen LogP contribution >= 0.6 is 0 Å². The zero-order chi connectivity index (χ0) is 15.6. The third-order valence-corrected chi connectivity index (χ3v) is 4.78. The Bertz CT molecular complexity index is 731. The predicted octanol–water partition coefficient (Wildman–Crippen LogP) is 1.86. The zero-order valence-corrected chi connectivity index (χ0v) is 13.4. The van der Waals surface area contributed by atoms with Crippen LogP contribution in [0.5, 0.6) is 0 Å². The second kappa shape index (κ2) is 5.87. The molecule has 3 N–H and O–H groups in total. The maximum atomic E-state index is 12.6. The second-order valence-electron chi connectivity index (χ2n) is 5.04. The van der Waals surface area contributed by atoms with Crippen molar-refractivity contribution in [3.63, 3.8) is 0 Å². The van der Waals surface area contributed by atoms with Crippen LogP contribution in [0.4, 0.5) is 5.69 Å². The highest BCUT2D eigenvalue weighted by molar-refractivity contribution is 7.92. The molecule has 7 heteroatoms. The van der Waals surface area contributed by atoms with E-state index in [0.29, 0.717) is 29.2 Å². The maximum Gasteiger partial charge on any atom is 0.262 e. The van der Waals surface area contributed by atoms with Crippen LogP contribution < -0.4 is 10.0 Å². The van der Waals surface area contributed by atoms with Crippen molar-refractivity contribution >= 4 is 15.7 Å². The molecule has 6 nitrogen and oxygen atoms in total. The van der Waals surface area contributed by atoms with E-state index in [0.717, 1.165) is 5.56 Å². The van der Waals surface area contributed by atoms with E-state index in [1.165, 1.54) is 0 Å². The molecule has 0 aliphatic heterocycles. The number of nitrogens with one attached hydrogen (secondary N) is 3. The van der Waals surface area contributed by atoms with Gasteiger partial charge in [-0.25, -0.2) is 8.42 Å². The van der Waals surface area contributed by atoms with Crippen molar-refractivity contribution in [1.29, 1.82) is 0 Å². The van der Waals surface area contributed by atoms with Gasteiger partial charge in [0.1, 0.15) is 0 Å². The Morgan fingerprint density at radius 2 is 1.95 bits per heavy atom. The minimum absolute atomic E-state index is 0.287. The number of hydrogen-bond donors (Lipinski definition) is 3. The number of H-pyrrole nitrogens is 1. The minimum Gasteiger partial charge on any atom is -0.316 e. The molecule has 2 aromatic rings. The van der Waals surface area contributed by atoms with Gasteiger partial charge in [0.25, 0.3) is 10.0 Å². The molecule has 2 rings (SSSR count). The Labute approximate surface area is 125 Å². The molecule has 1 aromatic heterocycles. The number of aromatic nitrogens is 2. The maximum absolute atomic E-state index is 12.6. The van der Waals surface area contributed by atoms with Crippen LogP contribution in [0, 0.1) is 20.8 Å². The van der Waals surface area contributed by atoms with Crippen molar-refractivity contribution in [2.24, 2.45) is 0 Å². The van der Waals surface area contributed by atoms with Gasteiger partial charge in [-0.1, -0.05) is 12.1 Å². The van der Waals surface area contributed by atoms with E-state index in [-0.39, 0.29) is 4.90 Å². The Morgan fingerprint density at radius 3 is 2.52 bits per heavy atom. The van der Waals surface area contributed by atoms with Crippen LogP contribution in [0.15, 0.2) is 23.1 Å². The lowest BCUT2D eigenvalue weighted by Crippen LogP contribution is -2.16. The molecule has 21 heavy (non-hydrogen) atoms. The number of hydrogen-bond acceptors (Lipinski definition) is 4. The number of aromatic amines is 1. The zero-order valence-electron chi connectivity index (χ0n) is 12.6. The number of anilines is 1. The summed E-state index contributed by atoms with van der Waals surface area (Å²) in [5, 5.41) is 9.79. The first-order valence-electron chi connectivity index (χ1n) is 6.63. The second-order valence-corrected chi connectivity index (χ2v) is 6.70. The van der Waals surface area contributed by atoms with Gasteiger partial charge < -0.3 is 5.32 Å². The van der Waals surface area contributed by atoms with Crippen molar-refractivity contribution < 1.29 is 8.42 Å². The first-order chi connectivity index (χ1) is 9.85. The van der Waals surface area contributed by atoms with Crippen LogP contribution in [0.25, 0.3) is 0 Å². The van der Waals surface area contributed by atoms with Crippen molar-refractivity contribution in [3.05, 3.63) is 40.7 Å². The summed E-state index contributed by atoms with van der Waals surface area (Å²) in [6, 6.07) is 5.43. The molecule has 0 saturated carbocycles. The SMILES string of the molecule is CNCc1ccc(C)c(S(=O)(=O)Nc2c(C)n[nH]c2C)c1. The highest BCUT2D eigenvalue weighted by Gasteiger charge is 2.20. The molecular weight excluding hydrogens is 288 g/mol. The summed E-state index contributed by atoms with van der Waals surface area (Å²) in [5.74, 6) is 0. The number of rotatable bonds is 5. The van der Waals surface area contributed by atoms with Gasteiger partial charge in [-0.3, -0.25) is 9.82 Å². The average molecular weight is 308 g/mol. The molecule has 0 bridgehead atoms. The molecule has 0 amide bonds. The van der Waals surface area contributed by atoms with Crippen molar-refractivity contribution in [1.82, 2.24) is 15.5 Å². The third kappa shape index (κ3) is 3.25. The molecule has 0 atom stereocenters. The molecule has 0 fully saturated rings. The Balaban J connectivity index is 2.42. The molecular formula is C14H20N4O2S. The van der Waals surface area contributed by atoms with Crippen LogP contribution in [0.1, 0.15) is 22.5 Å². The first-order valence-corrected chi connectivity index (χ1v) is 8.12. The Kier molecular flexibility index (Phi) is 4.34. The quantitative estimate of drug-likeness (QED) is 0.787. The lowest BCUT2D eigenvalue weighted by atomic mass is 10.1. The lowest BCUT2D eigenvalue weighted by molar-refractivity contribution is 0.600. The summed E-state index contributed by atoms with van der Waals surface area (Å²) >= 11 is 0. The van der Waals surface area contributed by atoms with Crippen LogP contribution in [0.2, 0.25) is 0 Å². The van der Waals surface area contributed by atoms with Crippen molar-refractivity contribution in [2.45, 2.75) is 32.2 Å². The van der Waals surface area contributed by atoms with Gasteiger partial charge >= 0.3 is 0 Å². The fraction of sp³-hybridized carbons (Fsp3) is 0.357. The van der Waals surface area contributed by atoms with Crippen LogP contribution in [-0.2, 0) is 16.6 Å². The Morgan fingerprint density at radius 1 is 1.24 bits per heavy atom. The Hall–Kier alpha value is -1.86. The van der Waals surface area contributed by atoms with E-state index >= 15 is 0 Å². The van der Waals surface area contributed by atoms with E-state index < -0.39 is 10.0 Å². The standard InChI is InChI=1S/C14H20N4O2S/c1-9-5-6-12(8-15-4)7-13(9)21(19,20)18-14-10(2)16-17-11(14)3/h5-7,15,18H,8H2,1-4H3,(H,16,17). The van der Waals surface area contributed by atoms with Gasteiger partial charge in [-0.2, -0.15) is 5.10 Å². The summed E-state index contributed by atoms with van der Waals surface area (Å²) in [4.78, 5) is 0.287. The molecule has 0 unspecified atom stereocenters. The van der Waals surface area contributed by atoms with Gasteiger partial charge in [0.05, 0.1) is 22.0 Å². The van der Waals surface area contributed by atoms with Crippen LogP contribution in [-0.4, -0.2) is 25.7 Å². The van der Waals surface area contributed by atoms with Gasteiger partial charge in [-0.05, 0) is 45.0 Å². The van der Waals surface area contributed by atoms with E-state index in [1.807, 2.05) is 19.2 Å².